The highest BCUT2D eigenvalue weighted by Gasteiger charge is 2.24. The SMILES string of the molecule is CC(C)CN(CC(=O)O)C(=O)c1n[nH]c2ccc([N+](=O)[O-])cc12. The van der Waals surface area contributed by atoms with Gasteiger partial charge in [-0.25, -0.2) is 0 Å². The number of aromatic amines is 1. The van der Waals surface area contributed by atoms with Crippen LogP contribution in [0.2, 0.25) is 0 Å². The summed E-state index contributed by atoms with van der Waals surface area (Å²) in [7, 11) is 0. The molecule has 1 aromatic heterocycles. The molecule has 1 aromatic carbocycles. The van der Waals surface area contributed by atoms with Crippen molar-refractivity contribution in [3.05, 3.63) is 34.0 Å². The van der Waals surface area contributed by atoms with E-state index in [1.165, 1.54) is 23.1 Å². The number of amides is 1. The average molecular weight is 320 g/mol. The molecule has 1 amide bonds. The number of rotatable bonds is 6. The van der Waals surface area contributed by atoms with Crippen molar-refractivity contribution in [2.24, 2.45) is 5.92 Å². The van der Waals surface area contributed by atoms with Crippen LogP contribution >= 0.6 is 0 Å². The number of non-ortho nitro benzene ring substituents is 1. The van der Waals surface area contributed by atoms with Crippen LogP contribution in [0, 0.1) is 16.0 Å². The summed E-state index contributed by atoms with van der Waals surface area (Å²) in [5, 5.41) is 26.7. The first-order chi connectivity index (χ1) is 10.8. The van der Waals surface area contributed by atoms with E-state index >= 15 is 0 Å². The molecule has 0 saturated carbocycles. The number of carboxylic acids is 1. The molecule has 2 aromatic rings. The lowest BCUT2D eigenvalue weighted by Gasteiger charge is -2.21. The van der Waals surface area contributed by atoms with E-state index in [1.54, 1.807) is 0 Å². The molecule has 23 heavy (non-hydrogen) atoms. The third-order valence-electron chi connectivity index (χ3n) is 3.16. The Morgan fingerprint density at radius 2 is 2.13 bits per heavy atom. The molecular weight excluding hydrogens is 304 g/mol. The van der Waals surface area contributed by atoms with E-state index in [0.29, 0.717) is 10.9 Å². The summed E-state index contributed by atoms with van der Waals surface area (Å²) >= 11 is 0. The number of aromatic nitrogens is 2. The van der Waals surface area contributed by atoms with Gasteiger partial charge in [-0.05, 0) is 12.0 Å². The first-order valence-electron chi connectivity index (χ1n) is 6.93. The van der Waals surface area contributed by atoms with Gasteiger partial charge in [0.05, 0.1) is 10.4 Å². The lowest BCUT2D eigenvalue weighted by Crippen LogP contribution is -2.38. The summed E-state index contributed by atoms with van der Waals surface area (Å²) in [6.07, 6.45) is 0. The van der Waals surface area contributed by atoms with Crippen LogP contribution in [0.25, 0.3) is 10.9 Å². The van der Waals surface area contributed by atoms with E-state index in [4.69, 9.17) is 5.11 Å². The summed E-state index contributed by atoms with van der Waals surface area (Å²) in [5.41, 5.74) is 0.283. The monoisotopic (exact) mass is 320 g/mol. The topological polar surface area (TPSA) is 129 Å². The molecule has 9 heteroatoms. The molecule has 0 radical (unpaired) electrons. The highest BCUT2D eigenvalue weighted by atomic mass is 16.6. The van der Waals surface area contributed by atoms with Gasteiger partial charge in [-0.1, -0.05) is 13.8 Å². The van der Waals surface area contributed by atoms with Crippen LogP contribution in [-0.2, 0) is 4.79 Å². The standard InChI is InChI=1S/C14H16N4O5/c1-8(2)6-17(7-12(19)20)14(21)13-10-5-9(18(22)23)3-4-11(10)15-16-13/h3-5,8H,6-7H2,1-2H3,(H,15,16)(H,19,20). The second-order valence-corrected chi connectivity index (χ2v) is 5.53. The molecule has 0 fully saturated rings. The largest absolute Gasteiger partial charge is 0.480 e. The molecule has 2 N–H and O–H groups in total. The number of benzene rings is 1. The fourth-order valence-corrected chi connectivity index (χ4v) is 2.25. The minimum Gasteiger partial charge on any atom is -0.480 e. The van der Waals surface area contributed by atoms with Crippen LogP contribution in [-0.4, -0.2) is 50.1 Å². The van der Waals surface area contributed by atoms with Crippen LogP contribution < -0.4 is 0 Å². The second kappa shape index (κ2) is 6.42. The van der Waals surface area contributed by atoms with Crippen LogP contribution in [0.4, 0.5) is 5.69 Å². The van der Waals surface area contributed by atoms with Crippen molar-refractivity contribution in [1.82, 2.24) is 15.1 Å². The van der Waals surface area contributed by atoms with Crippen LogP contribution in [0.5, 0.6) is 0 Å². The van der Waals surface area contributed by atoms with Gasteiger partial charge in [0, 0.05) is 24.1 Å². The minimum atomic E-state index is -1.13. The summed E-state index contributed by atoms with van der Waals surface area (Å²) < 4.78 is 0. The third-order valence-corrected chi connectivity index (χ3v) is 3.16. The number of H-pyrrole nitrogens is 1. The number of carbonyl (C=O) groups excluding carboxylic acids is 1. The number of nitrogens with one attached hydrogen (secondary N) is 1. The minimum absolute atomic E-state index is 0.0226. The molecule has 0 saturated heterocycles. The first kappa shape index (κ1) is 16.4. The Labute approximate surface area is 131 Å². The number of nitrogens with zero attached hydrogens (tertiary/aromatic N) is 3. The number of hydrogen-bond acceptors (Lipinski definition) is 5. The molecule has 0 atom stereocenters. The first-order valence-corrected chi connectivity index (χ1v) is 6.93. The van der Waals surface area contributed by atoms with Crippen molar-refractivity contribution in [1.29, 1.82) is 0 Å². The lowest BCUT2D eigenvalue weighted by atomic mass is 10.1. The zero-order valence-electron chi connectivity index (χ0n) is 12.6. The Morgan fingerprint density at radius 3 is 2.70 bits per heavy atom. The van der Waals surface area contributed by atoms with Gasteiger partial charge in [0.2, 0.25) is 0 Å². The van der Waals surface area contributed by atoms with Crippen molar-refractivity contribution in [2.45, 2.75) is 13.8 Å². The fourth-order valence-electron chi connectivity index (χ4n) is 2.25. The zero-order chi connectivity index (χ0) is 17.1. The Balaban J connectivity index is 2.43. The molecule has 1 heterocycles. The number of carbonyl (C=O) groups is 2. The average Bonchev–Trinajstić information content (AvgIpc) is 2.87. The van der Waals surface area contributed by atoms with E-state index < -0.39 is 23.3 Å². The van der Waals surface area contributed by atoms with Crippen LogP contribution in [0.1, 0.15) is 24.3 Å². The second-order valence-electron chi connectivity index (χ2n) is 5.53. The molecule has 0 aliphatic rings. The van der Waals surface area contributed by atoms with Gasteiger partial charge in [-0.15, -0.1) is 0 Å². The molecule has 122 valence electrons. The van der Waals surface area contributed by atoms with Crippen molar-refractivity contribution in [2.75, 3.05) is 13.1 Å². The van der Waals surface area contributed by atoms with Crippen LogP contribution in [0.3, 0.4) is 0 Å². The fraction of sp³-hybridized carbons (Fsp3) is 0.357. The van der Waals surface area contributed by atoms with Gasteiger partial charge in [-0.3, -0.25) is 24.8 Å². The highest BCUT2D eigenvalue weighted by Crippen LogP contribution is 2.23. The summed E-state index contributed by atoms with van der Waals surface area (Å²) in [6.45, 7) is 3.50. The van der Waals surface area contributed by atoms with Gasteiger partial charge in [-0.2, -0.15) is 5.10 Å². The van der Waals surface area contributed by atoms with Gasteiger partial charge in [0.25, 0.3) is 11.6 Å². The number of hydrogen-bond donors (Lipinski definition) is 2. The summed E-state index contributed by atoms with van der Waals surface area (Å²) in [6, 6.07) is 4.01. The molecule has 2 rings (SSSR count). The van der Waals surface area contributed by atoms with E-state index in [-0.39, 0.29) is 23.8 Å². The predicted octanol–water partition coefficient (Wildman–Crippen LogP) is 1.65. The van der Waals surface area contributed by atoms with E-state index in [2.05, 4.69) is 10.2 Å². The van der Waals surface area contributed by atoms with Gasteiger partial charge in [0.1, 0.15) is 6.54 Å². The molecule has 0 spiro atoms. The van der Waals surface area contributed by atoms with Gasteiger partial charge >= 0.3 is 5.97 Å². The molecule has 0 aliphatic carbocycles. The normalized spacial score (nSPS) is 10.9. The maximum Gasteiger partial charge on any atom is 0.323 e. The Kier molecular flexibility index (Phi) is 4.58. The summed E-state index contributed by atoms with van der Waals surface area (Å²) in [4.78, 5) is 35.0. The van der Waals surface area contributed by atoms with Crippen molar-refractivity contribution in [3.8, 4) is 0 Å². The maximum absolute atomic E-state index is 12.6. The van der Waals surface area contributed by atoms with Crippen molar-refractivity contribution in [3.63, 3.8) is 0 Å². The third kappa shape index (κ3) is 3.62. The quantitative estimate of drug-likeness (QED) is 0.615. The Hall–Kier alpha value is -2.97. The number of carboxylic acid groups (broad SMARTS) is 1. The Morgan fingerprint density at radius 1 is 1.43 bits per heavy atom. The molecule has 0 aliphatic heterocycles. The summed E-state index contributed by atoms with van der Waals surface area (Å²) in [5.74, 6) is -1.64. The van der Waals surface area contributed by atoms with E-state index in [9.17, 15) is 19.7 Å². The smallest absolute Gasteiger partial charge is 0.323 e. The number of fused-ring (bicyclic) bond motifs is 1. The highest BCUT2D eigenvalue weighted by molar-refractivity contribution is 6.05. The number of nitro benzene ring substituents is 1. The lowest BCUT2D eigenvalue weighted by molar-refractivity contribution is -0.384. The van der Waals surface area contributed by atoms with Crippen molar-refractivity contribution < 1.29 is 19.6 Å². The molecule has 0 unspecified atom stereocenters. The molecular formula is C14H16N4O5. The van der Waals surface area contributed by atoms with E-state index in [0.717, 1.165) is 0 Å². The maximum atomic E-state index is 12.6. The van der Waals surface area contributed by atoms with Crippen LogP contribution in [0.15, 0.2) is 18.2 Å². The van der Waals surface area contributed by atoms with Crippen molar-refractivity contribution >= 4 is 28.5 Å². The van der Waals surface area contributed by atoms with Gasteiger partial charge < -0.3 is 10.0 Å². The Bertz CT molecular complexity index is 768. The predicted molar refractivity (Wildman–Crippen MR) is 81.1 cm³/mol. The van der Waals surface area contributed by atoms with Gasteiger partial charge in [0.15, 0.2) is 5.69 Å². The zero-order valence-corrected chi connectivity index (χ0v) is 12.6. The number of nitro groups is 1. The van der Waals surface area contributed by atoms with E-state index in [1.807, 2.05) is 13.8 Å². The number of aliphatic carboxylic acids is 1. The molecule has 0 bridgehead atoms. The molecule has 9 nitrogen and oxygen atoms in total.